The summed E-state index contributed by atoms with van der Waals surface area (Å²) in [5, 5.41) is 55.4. The van der Waals surface area contributed by atoms with E-state index in [1.165, 1.54) is 19.1 Å². The van der Waals surface area contributed by atoms with Gasteiger partial charge in [-0.15, -0.1) is 0 Å². The summed E-state index contributed by atoms with van der Waals surface area (Å²) in [6, 6.07) is 2.84. The van der Waals surface area contributed by atoms with Gasteiger partial charge in [0.25, 0.3) is 10.4 Å². The summed E-state index contributed by atoms with van der Waals surface area (Å²) in [6.07, 6.45) is -0.700. The van der Waals surface area contributed by atoms with Crippen molar-refractivity contribution in [3.05, 3.63) is 40.2 Å². The summed E-state index contributed by atoms with van der Waals surface area (Å²) in [4.78, 5) is 49.9. The lowest BCUT2D eigenvalue weighted by Crippen LogP contribution is -2.60. The number of amides is 1. The lowest BCUT2D eigenvalue weighted by molar-refractivity contribution is -0.152. The highest BCUT2D eigenvalue weighted by Crippen LogP contribution is 2.57. The fourth-order valence-electron chi connectivity index (χ4n) is 5.21. The van der Waals surface area contributed by atoms with Crippen LogP contribution >= 0.6 is 23.5 Å². The number of carbonyl (C=O) groups excluding carboxylic acids is 4. The van der Waals surface area contributed by atoms with E-state index in [9.17, 15) is 44.7 Å². The number of hydrogen-bond acceptors (Lipinski definition) is 11. The molecule has 0 saturated heterocycles. The maximum Gasteiger partial charge on any atom is 0.255 e. The van der Waals surface area contributed by atoms with E-state index in [4.69, 9.17) is 5.73 Å². The number of aliphatic hydroxyl groups excluding tert-OH is 2. The second-order valence-corrected chi connectivity index (χ2v) is 11.3. The number of aliphatic hydroxyl groups is 4. The smallest absolute Gasteiger partial charge is 0.255 e. The van der Waals surface area contributed by atoms with E-state index in [-0.39, 0.29) is 26.9 Å². The minimum Gasteiger partial charge on any atom is -0.508 e. The van der Waals surface area contributed by atoms with Gasteiger partial charge in [-0.1, -0.05) is 24.8 Å². The molecule has 4 rings (SSSR count). The molecule has 1 amide bonds. The van der Waals surface area contributed by atoms with Crippen molar-refractivity contribution in [3.63, 3.8) is 0 Å². The van der Waals surface area contributed by atoms with Gasteiger partial charge in [0, 0.05) is 23.8 Å². The summed E-state index contributed by atoms with van der Waals surface area (Å²) in [6.45, 7) is 3.14. The first-order valence-electron chi connectivity index (χ1n) is 10.7. The molecule has 35 heavy (non-hydrogen) atoms. The van der Waals surface area contributed by atoms with Crippen LogP contribution < -0.4 is 5.73 Å². The number of thioether (sulfide) groups is 2. The number of fused-ring (bicyclic) bond motifs is 3. The number of carbonyl (C=O) groups is 4. The average molecular weight is 522 g/mol. The Morgan fingerprint density at radius 3 is 2.43 bits per heavy atom. The molecule has 1 unspecified atom stereocenters. The van der Waals surface area contributed by atoms with E-state index in [1.54, 1.807) is 6.92 Å². The number of phenols is 1. The molecule has 3 aliphatic carbocycles. The molecule has 0 aliphatic heterocycles. The molecular formula is C23H23NO9S2. The van der Waals surface area contributed by atoms with Crippen LogP contribution in [0, 0.1) is 11.8 Å². The van der Waals surface area contributed by atoms with Crippen LogP contribution in [0.1, 0.15) is 37.8 Å². The second-order valence-electron chi connectivity index (χ2n) is 8.83. The molecular weight excluding hydrogens is 498 g/mol. The summed E-state index contributed by atoms with van der Waals surface area (Å²) in [5.74, 6) is -7.68. The first-order valence-corrected chi connectivity index (χ1v) is 12.5. The summed E-state index contributed by atoms with van der Waals surface area (Å²) >= 11 is 1.72. The number of benzene rings is 1. The summed E-state index contributed by atoms with van der Waals surface area (Å²) in [5.41, 5.74) is -0.986. The number of Topliss-reactive ketones (excluding diaryl/α,β-unsaturated/α-hetero) is 2. The minimum atomic E-state index is -2.73. The molecule has 7 N–H and O–H groups in total. The fourth-order valence-corrected chi connectivity index (χ4v) is 6.82. The van der Waals surface area contributed by atoms with Crippen LogP contribution in [0.4, 0.5) is 4.79 Å². The number of nitrogens with two attached hydrogens (primary N) is 1. The molecule has 1 aromatic rings. The molecule has 0 spiro atoms. The number of phenolic OH excluding ortho intramolecular Hbond substituents is 1. The van der Waals surface area contributed by atoms with Crippen LogP contribution in [0.15, 0.2) is 33.9 Å². The number of aromatic hydroxyl groups is 1. The molecule has 4 atom stereocenters. The topological polar surface area (TPSA) is 195 Å². The lowest BCUT2D eigenvalue weighted by atomic mass is 9.56. The van der Waals surface area contributed by atoms with Crippen molar-refractivity contribution < 1.29 is 44.7 Å². The van der Waals surface area contributed by atoms with Gasteiger partial charge in [-0.3, -0.25) is 19.2 Å². The zero-order valence-electron chi connectivity index (χ0n) is 18.7. The highest BCUT2D eigenvalue weighted by atomic mass is 32.2. The summed E-state index contributed by atoms with van der Waals surface area (Å²) in [7, 11) is 0. The van der Waals surface area contributed by atoms with Crippen LogP contribution in [0.3, 0.4) is 0 Å². The Bertz CT molecular complexity index is 1270. The highest BCUT2D eigenvalue weighted by Gasteiger charge is 2.63. The quantitative estimate of drug-likeness (QED) is 0.252. The molecule has 3 aliphatic rings. The monoisotopic (exact) mass is 521 g/mol. The number of ketones is 2. The Labute approximate surface area is 207 Å². The van der Waals surface area contributed by atoms with Gasteiger partial charge in [0.1, 0.15) is 22.8 Å². The number of hydrogen-bond donors (Lipinski definition) is 6. The zero-order valence-corrected chi connectivity index (χ0v) is 20.3. The first kappa shape index (κ1) is 25.3. The van der Waals surface area contributed by atoms with Crippen molar-refractivity contribution in [2.24, 2.45) is 17.6 Å². The maximum atomic E-state index is 13.6. The van der Waals surface area contributed by atoms with Gasteiger partial charge in [0.15, 0.2) is 11.4 Å². The van der Waals surface area contributed by atoms with Crippen molar-refractivity contribution >= 4 is 51.2 Å². The predicted molar refractivity (Wildman–Crippen MR) is 127 cm³/mol. The van der Waals surface area contributed by atoms with Gasteiger partial charge in [0.2, 0.25) is 5.78 Å². The summed E-state index contributed by atoms with van der Waals surface area (Å²) < 4.78 is -0.317. The SMILES string of the molecule is CCSC(=O)Sc1ccc2c(c1O)C(O)=C1C(=O)[C@]3(O)C(O)=C(C(N)=O)C(=O)C[C@@H]3C[C@@H]1C2(C)O. The van der Waals surface area contributed by atoms with Crippen LogP contribution in [0.2, 0.25) is 0 Å². The first-order chi connectivity index (χ1) is 16.3. The largest absolute Gasteiger partial charge is 0.508 e. The molecule has 1 aromatic carbocycles. The third-order valence-electron chi connectivity index (χ3n) is 6.92. The third kappa shape index (κ3) is 3.50. The number of rotatable bonds is 3. The Balaban J connectivity index is 1.93. The molecule has 0 bridgehead atoms. The van der Waals surface area contributed by atoms with Gasteiger partial charge in [0.05, 0.1) is 16.1 Å². The molecule has 0 aromatic heterocycles. The molecule has 10 nitrogen and oxygen atoms in total. The predicted octanol–water partition coefficient (Wildman–Crippen LogP) is 2.05. The average Bonchev–Trinajstić information content (AvgIpc) is 2.75. The molecule has 1 saturated carbocycles. The molecule has 12 heteroatoms. The van der Waals surface area contributed by atoms with Crippen molar-refractivity contribution in [2.45, 2.75) is 42.8 Å². The Hall–Kier alpha value is -2.80. The molecule has 1 fully saturated rings. The van der Waals surface area contributed by atoms with Crippen molar-refractivity contribution in [3.8, 4) is 5.75 Å². The molecule has 186 valence electrons. The van der Waals surface area contributed by atoms with Crippen molar-refractivity contribution in [1.29, 1.82) is 0 Å². The van der Waals surface area contributed by atoms with Crippen molar-refractivity contribution in [1.82, 2.24) is 0 Å². The van der Waals surface area contributed by atoms with Crippen molar-refractivity contribution in [2.75, 3.05) is 5.75 Å². The maximum absolute atomic E-state index is 13.6. The van der Waals surface area contributed by atoms with E-state index in [0.29, 0.717) is 17.5 Å². The van der Waals surface area contributed by atoms with Gasteiger partial charge in [-0.05, 0) is 42.5 Å². The fraction of sp³-hybridized carbons (Fsp3) is 0.391. The minimum absolute atomic E-state index is 0.0815. The highest BCUT2D eigenvalue weighted by molar-refractivity contribution is 8.38. The van der Waals surface area contributed by atoms with E-state index >= 15 is 0 Å². The lowest BCUT2D eigenvalue weighted by Gasteiger charge is -2.50. The van der Waals surface area contributed by atoms with E-state index in [2.05, 4.69) is 0 Å². The zero-order chi connectivity index (χ0) is 26.0. The van der Waals surface area contributed by atoms with Gasteiger partial charge in [-0.2, -0.15) is 0 Å². The van der Waals surface area contributed by atoms with Crippen LogP contribution in [-0.2, 0) is 20.0 Å². The van der Waals surface area contributed by atoms with Crippen LogP contribution in [-0.4, -0.2) is 58.8 Å². The molecule has 0 heterocycles. The Morgan fingerprint density at radius 2 is 1.83 bits per heavy atom. The van der Waals surface area contributed by atoms with Crippen LogP contribution in [0.25, 0.3) is 5.76 Å². The Kier molecular flexibility index (Phi) is 6.07. The Morgan fingerprint density at radius 1 is 1.17 bits per heavy atom. The molecule has 0 radical (unpaired) electrons. The van der Waals surface area contributed by atoms with Gasteiger partial charge < -0.3 is 31.3 Å². The normalized spacial score (nSPS) is 30.1. The third-order valence-corrected chi connectivity index (χ3v) is 8.76. The van der Waals surface area contributed by atoms with Crippen LogP contribution in [0.5, 0.6) is 5.75 Å². The van der Waals surface area contributed by atoms with Gasteiger partial charge in [-0.25, -0.2) is 0 Å². The second kappa shape index (κ2) is 8.40. The number of primary amides is 1. The van der Waals surface area contributed by atoms with E-state index < -0.39 is 75.3 Å². The standard InChI is InChI=1S/C23H23NO9S2/c1-3-34-21(31)35-12-5-4-9-13(16(12)26)17(27)14-10(22(9,2)32)6-8-7-11(25)15(20(24)30)19(29)23(8,33)18(14)28/h4-5,8,10,26-27,29,32-33H,3,6-7H2,1-2H3,(H2,24,30)/t8-,10-,22?,23-/m0/s1. The van der Waals surface area contributed by atoms with E-state index in [0.717, 1.165) is 11.8 Å². The van der Waals surface area contributed by atoms with Gasteiger partial charge >= 0.3 is 0 Å². The van der Waals surface area contributed by atoms with E-state index in [1.807, 2.05) is 0 Å².